The quantitative estimate of drug-likeness (QED) is 0.234. The van der Waals surface area contributed by atoms with Crippen LogP contribution in [0, 0.1) is 32.5 Å². The molecule has 1 aromatic heterocycles. The highest BCUT2D eigenvalue weighted by Crippen LogP contribution is 2.34. The van der Waals surface area contributed by atoms with E-state index in [0.717, 1.165) is 16.7 Å². The van der Waals surface area contributed by atoms with E-state index in [1.807, 2.05) is 27.7 Å². The Morgan fingerprint density at radius 3 is 2.30 bits per heavy atom. The van der Waals surface area contributed by atoms with E-state index >= 15 is 4.39 Å². The number of carbonyl (C=O) groups is 3. The molecule has 0 saturated heterocycles. The van der Waals surface area contributed by atoms with Gasteiger partial charge in [-0.1, -0.05) is 25.4 Å². The number of amides is 2. The third-order valence-corrected chi connectivity index (χ3v) is 7.49. The molecule has 3 N–H and O–H groups in total. The first-order valence-electron chi connectivity index (χ1n) is 14.3. The number of ether oxygens (including phenoxy) is 1. The Kier molecular flexibility index (Phi) is 11.8. The molecule has 236 valence electrons. The number of hydrogen-bond donors (Lipinski definition) is 3. The number of carbonyl (C=O) groups excluding carboxylic acids is 2. The Morgan fingerprint density at radius 1 is 1.05 bits per heavy atom. The van der Waals surface area contributed by atoms with Gasteiger partial charge in [-0.3, -0.25) is 19.2 Å². The molecule has 9 nitrogen and oxygen atoms in total. The van der Waals surface area contributed by atoms with Crippen LogP contribution >= 0.6 is 11.6 Å². The number of hydrogen-bond acceptors (Lipinski definition) is 5. The van der Waals surface area contributed by atoms with E-state index in [1.165, 1.54) is 23.9 Å². The summed E-state index contributed by atoms with van der Waals surface area (Å²) in [5.74, 6) is -3.40. The monoisotopic (exact) mass is 627 g/mol. The van der Waals surface area contributed by atoms with Crippen molar-refractivity contribution in [3.05, 3.63) is 91.6 Å². The summed E-state index contributed by atoms with van der Waals surface area (Å²) in [6.45, 7) is 9.53. The third kappa shape index (κ3) is 8.54. The highest BCUT2D eigenvalue weighted by Gasteiger charge is 2.29. The lowest BCUT2D eigenvalue weighted by Crippen LogP contribution is -2.49. The number of nitrogens with one attached hydrogen (secondary N) is 2. The molecule has 0 unspecified atom stereocenters. The van der Waals surface area contributed by atoms with E-state index in [-0.39, 0.29) is 42.2 Å². The number of carboxylic acid groups (broad SMARTS) is 1. The number of halogens is 2. The maximum atomic E-state index is 15.6. The van der Waals surface area contributed by atoms with Crippen molar-refractivity contribution in [2.45, 2.75) is 66.1 Å². The van der Waals surface area contributed by atoms with Gasteiger partial charge >= 0.3 is 5.97 Å². The Balaban J connectivity index is 1.98. The molecule has 0 bridgehead atoms. The molecule has 0 aliphatic rings. The Bertz CT molecular complexity index is 1580. The van der Waals surface area contributed by atoms with E-state index in [9.17, 15) is 24.3 Å². The van der Waals surface area contributed by atoms with Crippen LogP contribution in [0.25, 0.3) is 11.1 Å². The van der Waals surface area contributed by atoms with Crippen LogP contribution in [0.1, 0.15) is 65.3 Å². The highest BCUT2D eigenvalue weighted by atomic mass is 35.5. The summed E-state index contributed by atoms with van der Waals surface area (Å²) in [5.41, 5.74) is 2.76. The second-order valence-electron chi connectivity index (χ2n) is 11.3. The fourth-order valence-corrected chi connectivity index (χ4v) is 5.59. The summed E-state index contributed by atoms with van der Waals surface area (Å²) in [4.78, 5) is 51.7. The molecular formula is C33H39ClFN3O6. The lowest BCUT2D eigenvalue weighted by atomic mass is 9.90. The van der Waals surface area contributed by atoms with Gasteiger partial charge in [0, 0.05) is 30.4 Å². The van der Waals surface area contributed by atoms with E-state index in [1.54, 1.807) is 37.3 Å². The van der Waals surface area contributed by atoms with Gasteiger partial charge in [-0.25, -0.2) is 4.39 Å². The SMILES string of the molecule is COCCn1cccc(C(=O)N[C@@H](CC(C)C)C(=O)N[C@@H](CC(=O)O)c2cc(-c3c(C)cc(Cl)cc3C)cc(C)c2F)c1=O. The zero-order valence-corrected chi connectivity index (χ0v) is 26.5. The van der Waals surface area contributed by atoms with Crippen molar-refractivity contribution in [1.29, 1.82) is 0 Å². The number of aliphatic carboxylic acids is 1. The predicted octanol–water partition coefficient (Wildman–Crippen LogP) is 5.36. The average molecular weight is 628 g/mol. The van der Waals surface area contributed by atoms with Gasteiger partial charge in [0.1, 0.15) is 17.4 Å². The summed E-state index contributed by atoms with van der Waals surface area (Å²) in [6, 6.07) is 7.33. The van der Waals surface area contributed by atoms with Crippen LogP contribution in [-0.2, 0) is 20.9 Å². The molecule has 44 heavy (non-hydrogen) atoms. The van der Waals surface area contributed by atoms with Crippen molar-refractivity contribution < 1.29 is 28.6 Å². The second-order valence-corrected chi connectivity index (χ2v) is 11.8. The van der Waals surface area contributed by atoms with Crippen molar-refractivity contribution in [2.24, 2.45) is 5.92 Å². The standard InChI is InChI=1S/C33H39ClFN3O6/c1-18(2)12-27(37-31(41)24-8-7-9-38(33(24)43)10-11-44-6)32(42)36-26(17-28(39)40)25-16-22(13-21(5)30(25)35)29-19(3)14-23(34)15-20(29)4/h7-9,13-16,18,26-27H,10-12,17H2,1-6H3,(H,36,42)(H,37,41)(H,39,40)/t26-,27-/m0/s1. The van der Waals surface area contributed by atoms with Crippen LogP contribution in [0.4, 0.5) is 4.39 Å². The number of methoxy groups -OCH3 is 1. The number of rotatable bonds is 13. The third-order valence-electron chi connectivity index (χ3n) is 7.27. The first kappa shape index (κ1) is 34.5. The van der Waals surface area contributed by atoms with Crippen LogP contribution in [0.5, 0.6) is 0 Å². The van der Waals surface area contributed by atoms with E-state index in [0.29, 0.717) is 10.6 Å². The summed E-state index contributed by atoms with van der Waals surface area (Å²) in [6.07, 6.45) is 1.12. The molecule has 0 aliphatic carbocycles. The minimum Gasteiger partial charge on any atom is -0.481 e. The Labute approximate surface area is 261 Å². The largest absolute Gasteiger partial charge is 0.481 e. The molecule has 2 aromatic carbocycles. The molecule has 1 heterocycles. The van der Waals surface area contributed by atoms with Gasteiger partial charge in [-0.2, -0.15) is 0 Å². The Hall–Kier alpha value is -4.02. The van der Waals surface area contributed by atoms with Gasteiger partial charge in [0.25, 0.3) is 11.5 Å². The average Bonchev–Trinajstić information content (AvgIpc) is 2.92. The van der Waals surface area contributed by atoms with Crippen molar-refractivity contribution in [3.63, 3.8) is 0 Å². The van der Waals surface area contributed by atoms with Gasteiger partial charge in [0.15, 0.2) is 0 Å². The van der Waals surface area contributed by atoms with Crippen molar-refractivity contribution in [1.82, 2.24) is 15.2 Å². The van der Waals surface area contributed by atoms with Gasteiger partial charge in [-0.05, 0) is 97.3 Å². The minimum absolute atomic E-state index is 0.00297. The molecule has 3 rings (SSSR count). The normalized spacial score (nSPS) is 12.6. The number of benzene rings is 2. The topological polar surface area (TPSA) is 127 Å². The summed E-state index contributed by atoms with van der Waals surface area (Å²) >= 11 is 6.21. The molecule has 2 atom stereocenters. The molecule has 11 heteroatoms. The molecule has 0 aliphatic heterocycles. The lowest BCUT2D eigenvalue weighted by molar-refractivity contribution is -0.137. The van der Waals surface area contributed by atoms with Gasteiger partial charge < -0.3 is 25.0 Å². The maximum Gasteiger partial charge on any atom is 0.305 e. The smallest absolute Gasteiger partial charge is 0.305 e. The van der Waals surface area contributed by atoms with Gasteiger partial charge in [0.2, 0.25) is 5.91 Å². The number of nitrogens with zero attached hydrogens (tertiary/aromatic N) is 1. The zero-order chi connectivity index (χ0) is 32.7. The van der Waals surface area contributed by atoms with Crippen LogP contribution in [0.2, 0.25) is 5.02 Å². The first-order chi connectivity index (χ1) is 20.7. The molecule has 2 amide bonds. The zero-order valence-electron chi connectivity index (χ0n) is 25.8. The summed E-state index contributed by atoms with van der Waals surface area (Å²) in [7, 11) is 1.50. The molecule has 0 radical (unpaired) electrons. The lowest BCUT2D eigenvalue weighted by Gasteiger charge is -2.25. The fraction of sp³-hybridized carbons (Fsp3) is 0.394. The second kappa shape index (κ2) is 15.1. The van der Waals surface area contributed by atoms with E-state index < -0.39 is 47.7 Å². The maximum absolute atomic E-state index is 15.6. The highest BCUT2D eigenvalue weighted by molar-refractivity contribution is 6.30. The fourth-order valence-electron chi connectivity index (χ4n) is 5.26. The molecule has 3 aromatic rings. The first-order valence-corrected chi connectivity index (χ1v) is 14.7. The van der Waals surface area contributed by atoms with Crippen LogP contribution in [0.3, 0.4) is 0 Å². The van der Waals surface area contributed by atoms with Crippen molar-refractivity contribution in [3.8, 4) is 11.1 Å². The van der Waals surface area contributed by atoms with Crippen LogP contribution in [0.15, 0.2) is 47.4 Å². The van der Waals surface area contributed by atoms with Gasteiger partial charge in [0.05, 0.1) is 19.1 Å². The van der Waals surface area contributed by atoms with Crippen LogP contribution < -0.4 is 16.2 Å². The van der Waals surface area contributed by atoms with Crippen LogP contribution in [-0.4, -0.2) is 47.2 Å². The number of pyridine rings is 1. The van der Waals surface area contributed by atoms with E-state index in [2.05, 4.69) is 10.6 Å². The predicted molar refractivity (Wildman–Crippen MR) is 167 cm³/mol. The van der Waals surface area contributed by atoms with Crippen molar-refractivity contribution >= 4 is 29.4 Å². The number of aromatic nitrogens is 1. The minimum atomic E-state index is -1.25. The van der Waals surface area contributed by atoms with Crippen molar-refractivity contribution in [2.75, 3.05) is 13.7 Å². The number of aryl methyl sites for hydroxylation is 3. The molecule has 0 fully saturated rings. The Morgan fingerprint density at radius 2 is 1.70 bits per heavy atom. The summed E-state index contributed by atoms with van der Waals surface area (Å²) < 4.78 is 22.0. The summed E-state index contributed by atoms with van der Waals surface area (Å²) in [5, 5.41) is 15.6. The molecule has 0 saturated carbocycles. The van der Waals surface area contributed by atoms with Gasteiger partial charge in [-0.15, -0.1) is 0 Å². The van der Waals surface area contributed by atoms with E-state index in [4.69, 9.17) is 16.3 Å². The molecule has 0 spiro atoms. The number of carboxylic acids is 1. The molecular weight excluding hydrogens is 589 g/mol.